The Bertz CT molecular complexity index is 1620. The van der Waals surface area contributed by atoms with Crippen LogP contribution in [0.15, 0.2) is 53.8 Å². The lowest BCUT2D eigenvalue weighted by Crippen LogP contribution is -2.21. The van der Waals surface area contributed by atoms with Crippen molar-refractivity contribution in [1.82, 2.24) is 18.9 Å². The summed E-state index contributed by atoms with van der Waals surface area (Å²) in [5, 5.41) is 12.9. The quantitative estimate of drug-likeness (QED) is 0.339. The molecule has 1 unspecified atom stereocenters. The van der Waals surface area contributed by atoms with Gasteiger partial charge in [-0.05, 0) is 43.9 Å². The van der Waals surface area contributed by atoms with Gasteiger partial charge >= 0.3 is 6.18 Å². The van der Waals surface area contributed by atoms with Gasteiger partial charge in [0.15, 0.2) is 16.6 Å². The number of halogens is 3. The number of ketones is 1. The van der Waals surface area contributed by atoms with E-state index in [2.05, 4.69) is 20.3 Å². The summed E-state index contributed by atoms with van der Waals surface area (Å²) in [6, 6.07) is 9.84. The first kappa shape index (κ1) is 26.5. The summed E-state index contributed by atoms with van der Waals surface area (Å²) in [5.41, 5.74) is 0.352. The Kier molecular flexibility index (Phi) is 7.18. The highest BCUT2D eigenvalue weighted by Gasteiger charge is 2.32. The molecule has 200 valence electrons. The van der Waals surface area contributed by atoms with Gasteiger partial charge in [-0.25, -0.2) is 23.1 Å². The lowest BCUT2D eigenvalue weighted by atomic mass is 9.88. The summed E-state index contributed by atoms with van der Waals surface area (Å²) in [7, 11) is -1.83. The fourth-order valence-corrected chi connectivity index (χ4v) is 5.61. The van der Waals surface area contributed by atoms with E-state index in [0.717, 1.165) is 24.5 Å². The fourth-order valence-electron chi connectivity index (χ4n) is 4.51. The molecule has 0 bridgehead atoms. The van der Waals surface area contributed by atoms with Crippen molar-refractivity contribution in [2.75, 3.05) is 11.9 Å². The van der Waals surface area contributed by atoms with Gasteiger partial charge in [-0.3, -0.25) is 4.79 Å². The molecule has 1 aliphatic rings. The SMILES string of the molecule is Cc1ccc(S(=O)n2cc(-c3nc(NCC4CCC(=O)CC4)ncc3C#N)c3cc(C(F)(F)F)cnc32)cc1. The molecule has 8 nitrogen and oxygen atoms in total. The number of alkyl halides is 3. The average molecular weight is 553 g/mol. The number of aryl methyl sites for hydroxylation is 1. The molecule has 0 spiro atoms. The molecule has 5 rings (SSSR count). The number of aromatic nitrogens is 4. The zero-order chi connectivity index (χ0) is 27.7. The van der Waals surface area contributed by atoms with Gasteiger partial charge in [0.05, 0.1) is 27.9 Å². The lowest BCUT2D eigenvalue weighted by molar-refractivity contribution is -0.137. The molecule has 0 amide bonds. The maximum absolute atomic E-state index is 13.6. The first-order chi connectivity index (χ1) is 18.6. The number of hydrogen-bond donors (Lipinski definition) is 1. The molecule has 1 atom stereocenters. The van der Waals surface area contributed by atoms with E-state index in [1.165, 1.54) is 16.4 Å². The van der Waals surface area contributed by atoms with E-state index < -0.39 is 22.7 Å². The van der Waals surface area contributed by atoms with E-state index in [4.69, 9.17) is 0 Å². The Morgan fingerprint density at radius 3 is 2.54 bits per heavy atom. The van der Waals surface area contributed by atoms with E-state index in [1.807, 2.05) is 13.0 Å². The third kappa shape index (κ3) is 5.54. The van der Waals surface area contributed by atoms with Crippen LogP contribution in [0.1, 0.15) is 42.4 Å². The van der Waals surface area contributed by atoms with Gasteiger partial charge in [-0.1, -0.05) is 17.7 Å². The van der Waals surface area contributed by atoms with Gasteiger partial charge in [0, 0.05) is 42.7 Å². The molecular formula is C27H23F3N6O2S. The van der Waals surface area contributed by atoms with Gasteiger partial charge in [0.25, 0.3) is 0 Å². The largest absolute Gasteiger partial charge is 0.417 e. The van der Waals surface area contributed by atoms with Gasteiger partial charge in [0.2, 0.25) is 5.95 Å². The second-order valence-corrected chi connectivity index (χ2v) is 10.8. The highest BCUT2D eigenvalue weighted by atomic mass is 32.2. The van der Waals surface area contributed by atoms with Crippen LogP contribution in [-0.2, 0) is 22.0 Å². The molecule has 0 aliphatic heterocycles. The van der Waals surface area contributed by atoms with Crippen molar-refractivity contribution in [3.8, 4) is 17.3 Å². The van der Waals surface area contributed by atoms with E-state index >= 15 is 0 Å². The number of nitrogens with zero attached hydrogens (tertiary/aromatic N) is 5. The minimum absolute atomic E-state index is 0.0430. The summed E-state index contributed by atoms with van der Waals surface area (Å²) in [6.07, 6.45) is 1.30. The minimum Gasteiger partial charge on any atom is -0.354 e. The molecule has 12 heteroatoms. The Labute approximate surface area is 224 Å². The maximum Gasteiger partial charge on any atom is 0.417 e. The van der Waals surface area contributed by atoms with Crippen LogP contribution in [0, 0.1) is 24.2 Å². The molecule has 3 heterocycles. The van der Waals surface area contributed by atoms with Crippen LogP contribution in [0.4, 0.5) is 19.1 Å². The molecule has 1 saturated carbocycles. The number of carbonyl (C=O) groups is 1. The van der Waals surface area contributed by atoms with E-state index in [9.17, 15) is 27.4 Å². The van der Waals surface area contributed by atoms with Crippen molar-refractivity contribution >= 4 is 33.8 Å². The predicted molar refractivity (Wildman–Crippen MR) is 139 cm³/mol. The van der Waals surface area contributed by atoms with Crippen molar-refractivity contribution in [3.63, 3.8) is 0 Å². The summed E-state index contributed by atoms with van der Waals surface area (Å²) >= 11 is 0. The molecule has 1 fully saturated rings. The molecule has 1 aromatic carbocycles. The zero-order valence-corrected chi connectivity index (χ0v) is 21.6. The number of hydrogen-bond acceptors (Lipinski definition) is 7. The second kappa shape index (κ2) is 10.6. The minimum atomic E-state index is -4.66. The van der Waals surface area contributed by atoms with Crippen LogP contribution in [0.2, 0.25) is 0 Å². The smallest absolute Gasteiger partial charge is 0.354 e. The van der Waals surface area contributed by atoms with Crippen LogP contribution >= 0.6 is 0 Å². The van der Waals surface area contributed by atoms with Crippen LogP contribution in [0.3, 0.4) is 0 Å². The van der Waals surface area contributed by atoms with Crippen LogP contribution < -0.4 is 5.32 Å². The van der Waals surface area contributed by atoms with Crippen LogP contribution in [0.5, 0.6) is 0 Å². The fraction of sp³-hybridized carbons (Fsp3) is 0.296. The Morgan fingerprint density at radius 2 is 1.87 bits per heavy atom. The third-order valence-corrected chi connectivity index (χ3v) is 8.03. The second-order valence-electron chi connectivity index (χ2n) is 9.45. The van der Waals surface area contributed by atoms with Crippen molar-refractivity contribution in [2.45, 2.75) is 43.7 Å². The van der Waals surface area contributed by atoms with Gasteiger partial charge in [-0.15, -0.1) is 0 Å². The Balaban J connectivity index is 1.60. The lowest BCUT2D eigenvalue weighted by Gasteiger charge is -2.21. The standard InChI is InChI=1S/C27H23F3N6O2S/c1-16-2-8-21(9-3-16)39(38)36-15-23(22-10-19(27(28,29)30)14-32-25(22)36)24-18(11-31)13-34-26(35-24)33-12-17-4-6-20(37)7-5-17/h2-3,8-10,13-15,17H,4-7,12H2,1H3,(H,33,34,35). The number of benzene rings is 1. The molecule has 4 aromatic rings. The molecule has 39 heavy (non-hydrogen) atoms. The predicted octanol–water partition coefficient (Wildman–Crippen LogP) is 5.43. The topological polar surface area (TPSA) is 114 Å². The zero-order valence-electron chi connectivity index (χ0n) is 20.8. The van der Waals surface area contributed by atoms with Crippen LogP contribution in [-0.4, -0.2) is 35.5 Å². The highest BCUT2D eigenvalue weighted by Crippen LogP contribution is 2.37. The van der Waals surface area contributed by atoms with E-state index in [-0.39, 0.29) is 45.5 Å². The number of carbonyl (C=O) groups excluding carboxylic acids is 1. The summed E-state index contributed by atoms with van der Waals surface area (Å²) in [4.78, 5) is 24.7. The third-order valence-electron chi connectivity index (χ3n) is 6.72. The van der Waals surface area contributed by atoms with Gasteiger partial charge < -0.3 is 5.32 Å². The Morgan fingerprint density at radius 1 is 1.15 bits per heavy atom. The summed E-state index contributed by atoms with van der Waals surface area (Å²) < 4.78 is 55.6. The summed E-state index contributed by atoms with van der Waals surface area (Å²) in [6.45, 7) is 2.39. The van der Waals surface area contributed by atoms with Crippen molar-refractivity contribution < 1.29 is 22.2 Å². The number of anilines is 1. The molecule has 1 N–H and O–H groups in total. The van der Waals surface area contributed by atoms with Crippen molar-refractivity contribution in [1.29, 1.82) is 5.26 Å². The number of nitrogens with one attached hydrogen (secondary N) is 1. The number of fused-ring (bicyclic) bond motifs is 1. The van der Waals surface area contributed by atoms with Gasteiger partial charge in [-0.2, -0.15) is 18.4 Å². The first-order valence-corrected chi connectivity index (χ1v) is 13.3. The average Bonchev–Trinajstić information content (AvgIpc) is 3.31. The molecular weight excluding hydrogens is 529 g/mol. The normalized spacial score (nSPS) is 15.3. The van der Waals surface area contributed by atoms with E-state index in [0.29, 0.717) is 30.5 Å². The molecule has 3 aromatic heterocycles. The van der Waals surface area contributed by atoms with Gasteiger partial charge in [0.1, 0.15) is 11.9 Å². The van der Waals surface area contributed by atoms with E-state index in [1.54, 1.807) is 24.3 Å². The summed E-state index contributed by atoms with van der Waals surface area (Å²) in [5.74, 6) is 0.693. The highest BCUT2D eigenvalue weighted by molar-refractivity contribution is 7.83. The number of Topliss-reactive ketones (excluding diaryl/α,β-unsaturated/α-hetero) is 1. The number of nitriles is 1. The number of rotatable bonds is 6. The van der Waals surface area contributed by atoms with Crippen LogP contribution in [0.25, 0.3) is 22.3 Å². The van der Waals surface area contributed by atoms with Crippen molar-refractivity contribution in [3.05, 3.63) is 65.6 Å². The van der Waals surface area contributed by atoms with Crippen molar-refractivity contribution in [2.24, 2.45) is 5.92 Å². The maximum atomic E-state index is 13.6. The molecule has 1 aliphatic carbocycles. The first-order valence-electron chi connectivity index (χ1n) is 12.2. The monoisotopic (exact) mass is 552 g/mol. The molecule has 0 radical (unpaired) electrons. The Hall–Kier alpha value is -4.11. The molecule has 0 saturated heterocycles. The number of pyridine rings is 1.